The zero-order chi connectivity index (χ0) is 15.2. The van der Waals surface area contributed by atoms with Crippen molar-refractivity contribution in [2.45, 2.75) is 37.8 Å². The molecule has 6 heteroatoms. The summed E-state index contributed by atoms with van der Waals surface area (Å²) in [6.45, 7) is 0.884. The molecule has 1 aromatic carbocycles. The van der Waals surface area contributed by atoms with Crippen molar-refractivity contribution < 1.29 is 9.47 Å². The van der Waals surface area contributed by atoms with E-state index in [9.17, 15) is 0 Å². The number of aliphatic imine (C=N–C) groups is 1. The Morgan fingerprint density at radius 1 is 1.35 bits per heavy atom. The molecule has 2 saturated carbocycles. The molecule has 23 heavy (non-hydrogen) atoms. The number of ether oxygens (including phenoxy) is 2. The van der Waals surface area contributed by atoms with Gasteiger partial charge in [0, 0.05) is 23.6 Å². The molecule has 1 aliphatic heterocycles. The normalized spacial score (nSPS) is 30.7. The number of hydrogen-bond acceptors (Lipinski definition) is 3. The lowest BCUT2D eigenvalue weighted by molar-refractivity contribution is -0.164. The Morgan fingerprint density at radius 3 is 2.70 bits per heavy atom. The second-order valence-corrected chi connectivity index (χ2v) is 6.64. The first kappa shape index (κ1) is 16.8. The number of guanidine groups is 1. The summed E-state index contributed by atoms with van der Waals surface area (Å²) in [5.41, 5.74) is 7.35. The Labute approximate surface area is 154 Å². The fourth-order valence-corrected chi connectivity index (χ4v) is 4.39. The molecule has 2 aliphatic carbocycles. The van der Waals surface area contributed by atoms with E-state index < -0.39 is 0 Å². The van der Waals surface area contributed by atoms with E-state index in [0.29, 0.717) is 24.0 Å². The maximum atomic E-state index is 6.14. The molecule has 3 atom stereocenters. The summed E-state index contributed by atoms with van der Waals surface area (Å²) in [4.78, 5) is 4.81. The van der Waals surface area contributed by atoms with Gasteiger partial charge in [0.2, 0.25) is 0 Å². The monoisotopic (exact) mass is 429 g/mol. The van der Waals surface area contributed by atoms with Crippen molar-refractivity contribution in [2.24, 2.45) is 22.1 Å². The fourth-order valence-electron chi connectivity index (χ4n) is 4.39. The highest BCUT2D eigenvalue weighted by molar-refractivity contribution is 14.0. The molecule has 1 spiro atoms. The van der Waals surface area contributed by atoms with Crippen LogP contribution >= 0.6 is 24.0 Å². The van der Waals surface area contributed by atoms with Gasteiger partial charge in [0.25, 0.3) is 0 Å². The molecule has 1 heterocycles. The number of nitrogens with one attached hydrogen (secondary N) is 1. The standard InChI is InChI=1S/C17H23N3O2.HI/c1-21-12-5-3-11(4-6-12)19-16(18)20-14-13-7-10-22-15(13)17(14)8-2-9-17;/h3-6,13-15H,2,7-10H2,1H3,(H3,18,19,20);1H. The Morgan fingerprint density at radius 2 is 2.09 bits per heavy atom. The predicted octanol–water partition coefficient (Wildman–Crippen LogP) is 3.00. The van der Waals surface area contributed by atoms with Gasteiger partial charge in [0.15, 0.2) is 5.96 Å². The van der Waals surface area contributed by atoms with Gasteiger partial charge in [-0.1, -0.05) is 6.42 Å². The molecule has 4 rings (SSSR count). The highest BCUT2D eigenvalue weighted by Gasteiger charge is 2.66. The van der Waals surface area contributed by atoms with E-state index in [0.717, 1.165) is 24.5 Å². The maximum Gasteiger partial charge on any atom is 0.193 e. The lowest BCUT2D eigenvalue weighted by atomic mass is 9.46. The molecule has 0 bridgehead atoms. The molecule has 126 valence electrons. The second-order valence-electron chi connectivity index (χ2n) is 6.64. The van der Waals surface area contributed by atoms with E-state index in [1.54, 1.807) is 7.11 Å². The van der Waals surface area contributed by atoms with E-state index in [1.807, 2.05) is 24.3 Å². The minimum atomic E-state index is 0. The average Bonchev–Trinajstić information content (AvgIpc) is 2.89. The SMILES string of the molecule is COc1ccc(NC(N)=NC2C3CCOC3C23CCC3)cc1.I. The molecule has 3 fully saturated rings. The number of anilines is 1. The largest absolute Gasteiger partial charge is 0.497 e. The van der Waals surface area contributed by atoms with Crippen LogP contribution in [-0.2, 0) is 4.74 Å². The van der Waals surface area contributed by atoms with Crippen molar-refractivity contribution in [3.8, 4) is 5.75 Å². The van der Waals surface area contributed by atoms with Gasteiger partial charge in [0.1, 0.15) is 5.75 Å². The quantitative estimate of drug-likeness (QED) is 0.441. The molecule has 0 aromatic heterocycles. The Balaban J connectivity index is 0.00000156. The summed E-state index contributed by atoms with van der Waals surface area (Å²) in [5, 5.41) is 3.19. The molecule has 3 aliphatic rings. The predicted molar refractivity (Wildman–Crippen MR) is 102 cm³/mol. The molecule has 5 nitrogen and oxygen atoms in total. The van der Waals surface area contributed by atoms with Crippen LogP contribution in [0.2, 0.25) is 0 Å². The lowest BCUT2D eigenvalue weighted by Crippen LogP contribution is -2.65. The zero-order valence-corrected chi connectivity index (χ0v) is 15.7. The number of benzene rings is 1. The number of nitrogens with two attached hydrogens (primary N) is 1. The van der Waals surface area contributed by atoms with Crippen LogP contribution < -0.4 is 15.8 Å². The number of nitrogens with zero attached hydrogens (tertiary/aromatic N) is 1. The van der Waals surface area contributed by atoms with Gasteiger partial charge >= 0.3 is 0 Å². The summed E-state index contributed by atoms with van der Waals surface area (Å²) in [5.74, 6) is 1.91. The van der Waals surface area contributed by atoms with Crippen LogP contribution in [-0.4, -0.2) is 31.8 Å². The molecule has 0 amide bonds. The van der Waals surface area contributed by atoms with Crippen molar-refractivity contribution in [3.63, 3.8) is 0 Å². The van der Waals surface area contributed by atoms with Crippen LogP contribution in [0.15, 0.2) is 29.3 Å². The van der Waals surface area contributed by atoms with E-state index in [4.69, 9.17) is 20.2 Å². The first-order chi connectivity index (χ1) is 10.7. The third-order valence-electron chi connectivity index (χ3n) is 5.62. The first-order valence-corrected chi connectivity index (χ1v) is 8.09. The van der Waals surface area contributed by atoms with Gasteiger partial charge in [-0.3, -0.25) is 0 Å². The Bertz CT molecular complexity index is 586. The third kappa shape index (κ3) is 2.69. The molecule has 0 radical (unpaired) electrons. The second kappa shape index (κ2) is 6.47. The molecule has 1 aromatic rings. The van der Waals surface area contributed by atoms with Crippen LogP contribution in [0, 0.1) is 11.3 Å². The third-order valence-corrected chi connectivity index (χ3v) is 5.62. The maximum absolute atomic E-state index is 6.14. The van der Waals surface area contributed by atoms with Crippen molar-refractivity contribution in [1.29, 1.82) is 0 Å². The highest BCUT2D eigenvalue weighted by Crippen LogP contribution is 2.64. The van der Waals surface area contributed by atoms with Gasteiger partial charge < -0.3 is 20.5 Å². The van der Waals surface area contributed by atoms with E-state index in [-0.39, 0.29) is 29.4 Å². The van der Waals surface area contributed by atoms with Crippen LogP contribution in [0.25, 0.3) is 0 Å². The highest BCUT2D eigenvalue weighted by atomic mass is 127. The number of halogens is 1. The molecular weight excluding hydrogens is 405 g/mol. The van der Waals surface area contributed by atoms with E-state index in [2.05, 4.69) is 5.32 Å². The van der Waals surface area contributed by atoms with Crippen molar-refractivity contribution in [3.05, 3.63) is 24.3 Å². The topological polar surface area (TPSA) is 68.9 Å². The van der Waals surface area contributed by atoms with E-state index >= 15 is 0 Å². The van der Waals surface area contributed by atoms with Crippen molar-refractivity contribution in [1.82, 2.24) is 0 Å². The van der Waals surface area contributed by atoms with Crippen LogP contribution in [0.4, 0.5) is 5.69 Å². The smallest absolute Gasteiger partial charge is 0.193 e. The number of hydrogen-bond donors (Lipinski definition) is 2. The zero-order valence-electron chi connectivity index (χ0n) is 13.3. The van der Waals surface area contributed by atoms with E-state index in [1.165, 1.54) is 19.3 Å². The molecular formula is C17H24IN3O2. The van der Waals surface area contributed by atoms with Gasteiger partial charge in [-0.15, -0.1) is 24.0 Å². The summed E-state index contributed by atoms with van der Waals surface area (Å²) in [6.07, 6.45) is 5.32. The average molecular weight is 429 g/mol. The van der Waals surface area contributed by atoms with Crippen LogP contribution in [0.5, 0.6) is 5.75 Å². The van der Waals surface area contributed by atoms with Crippen molar-refractivity contribution in [2.75, 3.05) is 19.0 Å². The van der Waals surface area contributed by atoms with Crippen molar-refractivity contribution >= 4 is 35.6 Å². The minimum Gasteiger partial charge on any atom is -0.497 e. The van der Waals surface area contributed by atoms with Gasteiger partial charge in [0.05, 0.1) is 19.3 Å². The lowest BCUT2D eigenvalue weighted by Gasteiger charge is -2.61. The number of rotatable bonds is 3. The molecule has 3 unspecified atom stereocenters. The Hall–Kier alpha value is -1.02. The Kier molecular flexibility index (Phi) is 4.73. The van der Waals surface area contributed by atoms with Crippen LogP contribution in [0.3, 0.4) is 0 Å². The first-order valence-electron chi connectivity index (χ1n) is 8.09. The summed E-state index contributed by atoms with van der Waals surface area (Å²) < 4.78 is 11.1. The summed E-state index contributed by atoms with van der Waals surface area (Å²) in [6, 6.07) is 8.05. The minimum absolute atomic E-state index is 0. The van der Waals surface area contributed by atoms with Gasteiger partial charge in [-0.2, -0.15) is 0 Å². The van der Waals surface area contributed by atoms with Gasteiger partial charge in [-0.05, 0) is 43.5 Å². The number of methoxy groups -OCH3 is 1. The van der Waals surface area contributed by atoms with Gasteiger partial charge in [-0.25, -0.2) is 4.99 Å². The molecule has 1 saturated heterocycles. The fraction of sp³-hybridized carbons (Fsp3) is 0.588. The summed E-state index contributed by atoms with van der Waals surface area (Å²) >= 11 is 0. The summed E-state index contributed by atoms with van der Waals surface area (Å²) in [7, 11) is 1.66. The number of fused-ring (bicyclic) bond motifs is 2. The van der Waals surface area contributed by atoms with Crippen LogP contribution in [0.1, 0.15) is 25.7 Å². The molecule has 3 N–H and O–H groups in total.